The van der Waals surface area contributed by atoms with Crippen LogP contribution in [-0.4, -0.2) is 105 Å². The summed E-state index contributed by atoms with van der Waals surface area (Å²) in [5.74, 6) is -0.267. The molecule has 284 valence electrons. The van der Waals surface area contributed by atoms with Crippen molar-refractivity contribution in [2.45, 2.75) is 76.3 Å². The number of methoxy groups -OCH3 is 2. The number of nitrogens with zero attached hydrogens (tertiary/aromatic N) is 1. The predicted molar refractivity (Wildman–Crippen MR) is 200 cm³/mol. The largest absolute Gasteiger partial charge is 0.492 e. The molecular formula is C41H57N3O8. The van der Waals surface area contributed by atoms with Crippen molar-refractivity contribution in [3.63, 3.8) is 0 Å². The lowest BCUT2D eigenvalue weighted by atomic mass is 9.88. The molecule has 0 aliphatic heterocycles. The lowest BCUT2D eigenvalue weighted by Crippen LogP contribution is -2.48. The molecule has 11 nitrogen and oxygen atoms in total. The molecule has 0 saturated heterocycles. The normalized spacial score (nSPS) is 17.2. The standard InChI is InChI=1S/C41H57N3O8/c1-41(2,3)52-40(48)42-35(26-29-11-7-6-8-12-29)36(45)28-32(39(47)43-38-34-14-10-9-13-31(34)27-37(38)46)25-30-15-17-33(18-16-30)51-24-21-44(19-22-49-4)20-23-50-5/h6-18,32,35-38,45-46H,19-28H2,1-5H3,(H,42,48)(H,43,47)/t32-,35-,36-,37+,38-/m0/s1. The van der Waals surface area contributed by atoms with E-state index in [4.69, 9.17) is 18.9 Å². The van der Waals surface area contributed by atoms with Crippen molar-refractivity contribution in [3.8, 4) is 5.75 Å². The van der Waals surface area contributed by atoms with Gasteiger partial charge in [0.2, 0.25) is 5.91 Å². The molecule has 0 spiro atoms. The first-order valence-corrected chi connectivity index (χ1v) is 18.2. The van der Waals surface area contributed by atoms with Crippen LogP contribution in [0.4, 0.5) is 4.79 Å². The van der Waals surface area contributed by atoms with Gasteiger partial charge in [0, 0.05) is 46.2 Å². The van der Waals surface area contributed by atoms with Crippen LogP contribution in [0, 0.1) is 5.92 Å². The van der Waals surface area contributed by atoms with Gasteiger partial charge in [-0.3, -0.25) is 9.69 Å². The topological polar surface area (TPSA) is 139 Å². The predicted octanol–water partition coefficient (Wildman–Crippen LogP) is 4.48. The Balaban J connectivity index is 1.50. The molecule has 0 aromatic heterocycles. The second-order valence-corrected chi connectivity index (χ2v) is 14.4. The first kappa shape index (κ1) is 40.8. The minimum atomic E-state index is -1.09. The molecule has 0 radical (unpaired) electrons. The fourth-order valence-corrected chi connectivity index (χ4v) is 6.44. The highest BCUT2D eigenvalue weighted by molar-refractivity contribution is 5.80. The molecular weight excluding hydrogens is 662 g/mol. The Morgan fingerprint density at radius 1 is 0.846 bits per heavy atom. The number of hydrogen-bond donors (Lipinski definition) is 4. The number of amides is 2. The van der Waals surface area contributed by atoms with Crippen LogP contribution in [0.5, 0.6) is 5.75 Å². The summed E-state index contributed by atoms with van der Waals surface area (Å²) < 4.78 is 22.0. The molecule has 3 aromatic carbocycles. The van der Waals surface area contributed by atoms with E-state index >= 15 is 0 Å². The number of aliphatic hydroxyl groups excluding tert-OH is 2. The molecule has 4 rings (SSSR count). The third-order valence-electron chi connectivity index (χ3n) is 9.17. The quantitative estimate of drug-likeness (QED) is 0.133. The maximum atomic E-state index is 14.1. The third kappa shape index (κ3) is 13.2. The van der Waals surface area contributed by atoms with E-state index in [1.807, 2.05) is 78.9 Å². The van der Waals surface area contributed by atoms with E-state index < -0.39 is 41.9 Å². The van der Waals surface area contributed by atoms with Crippen LogP contribution >= 0.6 is 0 Å². The number of carbonyl (C=O) groups is 2. The smallest absolute Gasteiger partial charge is 0.407 e. The number of carbonyl (C=O) groups excluding carboxylic acids is 2. The number of aliphatic hydroxyl groups is 2. The maximum Gasteiger partial charge on any atom is 0.407 e. The zero-order chi connectivity index (χ0) is 37.5. The second-order valence-electron chi connectivity index (χ2n) is 14.4. The van der Waals surface area contributed by atoms with Gasteiger partial charge in [0.25, 0.3) is 0 Å². The molecule has 4 N–H and O–H groups in total. The second kappa shape index (κ2) is 20.3. The number of alkyl carbamates (subject to hydrolysis) is 1. The Hall–Kier alpha value is -4.00. The van der Waals surface area contributed by atoms with E-state index in [9.17, 15) is 19.8 Å². The fourth-order valence-electron chi connectivity index (χ4n) is 6.44. The van der Waals surface area contributed by atoms with Crippen LogP contribution in [-0.2, 0) is 38.3 Å². The first-order valence-electron chi connectivity index (χ1n) is 18.2. The summed E-state index contributed by atoms with van der Waals surface area (Å²) in [6.07, 6.45) is -1.33. The SMILES string of the molecule is COCCN(CCOC)CCOc1ccc(C[C@@H](C[C@H](O)[C@H](Cc2ccccc2)NC(=O)OC(C)(C)C)C(=O)N[C@H]2c3ccccc3C[C@H]2O)cc1. The van der Waals surface area contributed by atoms with Gasteiger partial charge in [-0.05, 0) is 74.4 Å². The summed E-state index contributed by atoms with van der Waals surface area (Å²) in [5.41, 5.74) is 2.97. The molecule has 0 fully saturated rings. The van der Waals surface area contributed by atoms with Crippen molar-refractivity contribution >= 4 is 12.0 Å². The van der Waals surface area contributed by atoms with E-state index in [0.717, 1.165) is 35.3 Å². The van der Waals surface area contributed by atoms with Crippen molar-refractivity contribution in [3.05, 3.63) is 101 Å². The zero-order valence-corrected chi connectivity index (χ0v) is 31.3. The minimum Gasteiger partial charge on any atom is -0.492 e. The number of benzene rings is 3. The van der Waals surface area contributed by atoms with Gasteiger partial charge in [-0.1, -0.05) is 66.7 Å². The van der Waals surface area contributed by atoms with Crippen molar-refractivity contribution < 1.29 is 38.7 Å². The number of ether oxygens (including phenoxy) is 4. The lowest BCUT2D eigenvalue weighted by molar-refractivity contribution is -0.127. The van der Waals surface area contributed by atoms with Crippen molar-refractivity contribution in [2.75, 3.05) is 53.7 Å². The summed E-state index contributed by atoms with van der Waals surface area (Å²) in [6.45, 7) is 9.35. The van der Waals surface area contributed by atoms with Gasteiger partial charge in [-0.25, -0.2) is 4.79 Å². The molecule has 5 atom stereocenters. The Bertz CT molecular complexity index is 1510. The van der Waals surface area contributed by atoms with Gasteiger partial charge >= 0.3 is 6.09 Å². The van der Waals surface area contributed by atoms with Crippen LogP contribution in [0.15, 0.2) is 78.9 Å². The van der Waals surface area contributed by atoms with Crippen LogP contribution in [0.2, 0.25) is 0 Å². The Morgan fingerprint density at radius 3 is 2.12 bits per heavy atom. The van der Waals surface area contributed by atoms with Crippen molar-refractivity contribution in [1.82, 2.24) is 15.5 Å². The number of rotatable bonds is 20. The molecule has 52 heavy (non-hydrogen) atoms. The Kier molecular flexibility index (Phi) is 15.9. The number of fused-ring (bicyclic) bond motifs is 1. The summed E-state index contributed by atoms with van der Waals surface area (Å²) in [4.78, 5) is 29.3. The average molecular weight is 720 g/mol. The molecule has 3 aromatic rings. The van der Waals surface area contributed by atoms with Gasteiger partial charge in [-0.15, -0.1) is 0 Å². The highest BCUT2D eigenvalue weighted by atomic mass is 16.6. The molecule has 1 aliphatic rings. The van der Waals surface area contributed by atoms with Gasteiger partial charge in [-0.2, -0.15) is 0 Å². The Labute approximate surface area is 308 Å². The molecule has 2 amide bonds. The highest BCUT2D eigenvalue weighted by Crippen LogP contribution is 2.32. The van der Waals surface area contributed by atoms with E-state index in [0.29, 0.717) is 51.4 Å². The van der Waals surface area contributed by atoms with E-state index in [2.05, 4.69) is 15.5 Å². The third-order valence-corrected chi connectivity index (χ3v) is 9.17. The van der Waals surface area contributed by atoms with Crippen LogP contribution in [0.1, 0.15) is 55.5 Å². The summed E-state index contributed by atoms with van der Waals surface area (Å²) in [6, 6.07) is 23.6. The zero-order valence-electron chi connectivity index (χ0n) is 31.3. The number of hydrogen-bond acceptors (Lipinski definition) is 9. The van der Waals surface area contributed by atoms with Gasteiger partial charge in [0.05, 0.1) is 37.5 Å². The molecule has 1 aliphatic carbocycles. The summed E-state index contributed by atoms with van der Waals surface area (Å²) >= 11 is 0. The first-order chi connectivity index (χ1) is 25.0. The van der Waals surface area contributed by atoms with Crippen molar-refractivity contribution in [2.24, 2.45) is 5.92 Å². The fraction of sp³-hybridized carbons (Fsp3) is 0.512. The van der Waals surface area contributed by atoms with E-state index in [1.54, 1.807) is 35.0 Å². The average Bonchev–Trinajstić information content (AvgIpc) is 3.43. The van der Waals surface area contributed by atoms with E-state index in [1.165, 1.54) is 0 Å². The molecule has 0 unspecified atom stereocenters. The molecule has 0 bridgehead atoms. The van der Waals surface area contributed by atoms with Gasteiger partial charge in [0.15, 0.2) is 0 Å². The minimum absolute atomic E-state index is 0.0562. The maximum absolute atomic E-state index is 14.1. The Morgan fingerprint density at radius 2 is 1.46 bits per heavy atom. The van der Waals surface area contributed by atoms with Crippen LogP contribution in [0.25, 0.3) is 0 Å². The van der Waals surface area contributed by atoms with Gasteiger partial charge in [0.1, 0.15) is 18.0 Å². The summed E-state index contributed by atoms with van der Waals surface area (Å²) in [7, 11) is 3.37. The van der Waals surface area contributed by atoms with Crippen LogP contribution in [0.3, 0.4) is 0 Å². The molecule has 0 saturated carbocycles. The lowest BCUT2D eigenvalue weighted by Gasteiger charge is -2.30. The highest BCUT2D eigenvalue weighted by Gasteiger charge is 2.35. The monoisotopic (exact) mass is 719 g/mol. The van der Waals surface area contributed by atoms with Gasteiger partial charge < -0.3 is 39.8 Å². The van der Waals surface area contributed by atoms with Crippen molar-refractivity contribution in [1.29, 1.82) is 0 Å². The molecule has 11 heteroatoms. The van der Waals surface area contributed by atoms with Crippen LogP contribution < -0.4 is 15.4 Å². The van der Waals surface area contributed by atoms with E-state index in [-0.39, 0.29) is 12.3 Å². The molecule has 0 heterocycles. The summed E-state index contributed by atoms with van der Waals surface area (Å²) in [5, 5.41) is 28.6. The number of nitrogens with one attached hydrogen (secondary N) is 2.